The molecule has 0 atom stereocenters. The smallest absolute Gasteiger partial charge is 0.225 e. The standard InChI is InChI=1S/C13H11F2N5S/c1-2-16-13-19-11-10(17-6-18-11)12(20-13)21-9-4-3-7(14)5-8(9)15/h3-6H,2H2,1H3,(H2,16,17,18,19,20). The fourth-order valence-electron chi connectivity index (χ4n) is 1.78. The Hall–Kier alpha value is -2.22. The van der Waals surface area contributed by atoms with E-state index in [1.165, 1.54) is 18.5 Å². The van der Waals surface area contributed by atoms with Crippen LogP contribution in [0, 0.1) is 11.6 Å². The Morgan fingerprint density at radius 1 is 1.29 bits per heavy atom. The van der Waals surface area contributed by atoms with Gasteiger partial charge in [0, 0.05) is 17.5 Å². The summed E-state index contributed by atoms with van der Waals surface area (Å²) >= 11 is 1.09. The van der Waals surface area contributed by atoms with Gasteiger partial charge < -0.3 is 10.3 Å². The van der Waals surface area contributed by atoms with E-state index in [0.717, 1.165) is 17.8 Å². The van der Waals surface area contributed by atoms with Crippen molar-refractivity contribution in [2.75, 3.05) is 11.9 Å². The first kappa shape index (κ1) is 13.7. The van der Waals surface area contributed by atoms with Gasteiger partial charge in [0.25, 0.3) is 0 Å². The maximum absolute atomic E-state index is 13.8. The first-order chi connectivity index (χ1) is 10.2. The number of aromatic nitrogens is 4. The van der Waals surface area contributed by atoms with E-state index >= 15 is 0 Å². The van der Waals surface area contributed by atoms with Crippen LogP contribution in [0.5, 0.6) is 0 Å². The highest BCUT2D eigenvalue weighted by molar-refractivity contribution is 7.99. The number of aromatic amines is 1. The van der Waals surface area contributed by atoms with E-state index in [1.807, 2.05) is 6.92 Å². The fourth-order valence-corrected chi connectivity index (χ4v) is 2.66. The second-order valence-electron chi connectivity index (χ2n) is 4.16. The number of imidazole rings is 1. The van der Waals surface area contributed by atoms with E-state index < -0.39 is 11.6 Å². The number of rotatable bonds is 4. The van der Waals surface area contributed by atoms with Crippen LogP contribution >= 0.6 is 11.8 Å². The number of hydrogen-bond acceptors (Lipinski definition) is 5. The number of fused-ring (bicyclic) bond motifs is 1. The summed E-state index contributed by atoms with van der Waals surface area (Å²) in [6.07, 6.45) is 1.50. The highest BCUT2D eigenvalue weighted by Crippen LogP contribution is 2.32. The van der Waals surface area contributed by atoms with Crippen LogP contribution in [0.25, 0.3) is 11.2 Å². The molecule has 0 radical (unpaired) electrons. The van der Waals surface area contributed by atoms with E-state index in [-0.39, 0.29) is 4.90 Å². The average Bonchev–Trinajstić information content (AvgIpc) is 2.91. The minimum absolute atomic E-state index is 0.286. The van der Waals surface area contributed by atoms with E-state index in [2.05, 4.69) is 25.3 Å². The predicted octanol–water partition coefficient (Wildman–Crippen LogP) is 3.21. The number of nitrogens with one attached hydrogen (secondary N) is 2. The van der Waals surface area contributed by atoms with Crippen molar-refractivity contribution in [3.63, 3.8) is 0 Å². The van der Waals surface area contributed by atoms with Crippen molar-refractivity contribution < 1.29 is 8.78 Å². The van der Waals surface area contributed by atoms with Gasteiger partial charge in [-0.25, -0.2) is 18.7 Å². The Bertz CT molecular complexity index is 789. The Labute approximate surface area is 123 Å². The van der Waals surface area contributed by atoms with Gasteiger partial charge in [0.05, 0.1) is 6.33 Å². The van der Waals surface area contributed by atoms with Crippen molar-refractivity contribution >= 4 is 28.9 Å². The summed E-state index contributed by atoms with van der Waals surface area (Å²) in [4.78, 5) is 15.9. The van der Waals surface area contributed by atoms with Gasteiger partial charge in [-0.2, -0.15) is 4.98 Å². The van der Waals surface area contributed by atoms with Crippen LogP contribution in [0.15, 0.2) is 34.4 Å². The monoisotopic (exact) mass is 307 g/mol. The largest absolute Gasteiger partial charge is 0.354 e. The zero-order valence-corrected chi connectivity index (χ0v) is 11.8. The molecule has 3 aromatic rings. The van der Waals surface area contributed by atoms with Gasteiger partial charge in [-0.1, -0.05) is 11.8 Å². The normalized spacial score (nSPS) is 11.0. The summed E-state index contributed by atoms with van der Waals surface area (Å²) < 4.78 is 26.7. The first-order valence-corrected chi connectivity index (χ1v) is 7.07. The van der Waals surface area contributed by atoms with Crippen LogP contribution in [0.2, 0.25) is 0 Å². The minimum Gasteiger partial charge on any atom is -0.354 e. The lowest BCUT2D eigenvalue weighted by Gasteiger charge is -2.06. The fraction of sp³-hybridized carbons (Fsp3) is 0.154. The summed E-state index contributed by atoms with van der Waals surface area (Å²) in [7, 11) is 0. The number of H-pyrrole nitrogens is 1. The van der Waals surface area contributed by atoms with Crippen molar-refractivity contribution in [3.8, 4) is 0 Å². The second-order valence-corrected chi connectivity index (χ2v) is 5.19. The number of hydrogen-bond donors (Lipinski definition) is 2. The molecule has 2 aromatic heterocycles. The quantitative estimate of drug-likeness (QED) is 0.725. The van der Waals surface area contributed by atoms with Gasteiger partial charge in [0.1, 0.15) is 22.2 Å². The molecule has 0 aliphatic rings. The molecule has 0 fully saturated rings. The maximum atomic E-state index is 13.8. The van der Waals surface area contributed by atoms with Crippen LogP contribution in [0.4, 0.5) is 14.7 Å². The highest BCUT2D eigenvalue weighted by atomic mass is 32.2. The Morgan fingerprint density at radius 2 is 2.14 bits per heavy atom. The van der Waals surface area contributed by atoms with Gasteiger partial charge in [0.2, 0.25) is 5.95 Å². The van der Waals surface area contributed by atoms with Gasteiger partial charge in [-0.15, -0.1) is 0 Å². The molecule has 108 valence electrons. The molecule has 2 heterocycles. The maximum Gasteiger partial charge on any atom is 0.225 e. The molecular weight excluding hydrogens is 296 g/mol. The molecule has 8 heteroatoms. The lowest BCUT2D eigenvalue weighted by atomic mass is 10.3. The number of anilines is 1. The third-order valence-corrected chi connectivity index (χ3v) is 3.73. The van der Waals surface area contributed by atoms with Gasteiger partial charge in [-0.3, -0.25) is 0 Å². The van der Waals surface area contributed by atoms with Crippen LogP contribution in [-0.4, -0.2) is 26.5 Å². The Morgan fingerprint density at radius 3 is 2.90 bits per heavy atom. The Balaban J connectivity index is 2.04. The van der Waals surface area contributed by atoms with Crippen LogP contribution in [-0.2, 0) is 0 Å². The zero-order chi connectivity index (χ0) is 14.8. The summed E-state index contributed by atoms with van der Waals surface area (Å²) in [5.41, 5.74) is 1.11. The van der Waals surface area contributed by atoms with Gasteiger partial charge in [-0.05, 0) is 19.1 Å². The molecule has 21 heavy (non-hydrogen) atoms. The molecule has 0 unspecified atom stereocenters. The van der Waals surface area contributed by atoms with Crippen LogP contribution in [0.3, 0.4) is 0 Å². The summed E-state index contributed by atoms with van der Waals surface area (Å²) in [6, 6.07) is 3.44. The third-order valence-electron chi connectivity index (χ3n) is 2.69. The molecule has 0 bridgehead atoms. The molecule has 0 amide bonds. The van der Waals surface area contributed by atoms with Crippen molar-refractivity contribution in [2.24, 2.45) is 0 Å². The molecule has 3 rings (SSSR count). The van der Waals surface area contributed by atoms with Crippen molar-refractivity contribution in [1.29, 1.82) is 0 Å². The molecule has 0 aliphatic carbocycles. The average molecular weight is 307 g/mol. The van der Waals surface area contributed by atoms with Crippen molar-refractivity contribution in [2.45, 2.75) is 16.8 Å². The molecule has 0 spiro atoms. The third kappa shape index (κ3) is 2.80. The number of nitrogens with zero attached hydrogens (tertiary/aromatic N) is 3. The lowest BCUT2D eigenvalue weighted by Crippen LogP contribution is -2.03. The lowest BCUT2D eigenvalue weighted by molar-refractivity contribution is 0.565. The molecule has 0 saturated carbocycles. The Kier molecular flexibility index (Phi) is 3.70. The molecule has 0 aliphatic heterocycles. The topological polar surface area (TPSA) is 66.5 Å². The zero-order valence-electron chi connectivity index (χ0n) is 11.0. The summed E-state index contributed by atoms with van der Waals surface area (Å²) in [5, 5.41) is 3.52. The molecular formula is C13H11F2N5S. The van der Waals surface area contributed by atoms with Crippen molar-refractivity contribution in [1.82, 2.24) is 19.9 Å². The van der Waals surface area contributed by atoms with E-state index in [9.17, 15) is 8.78 Å². The van der Waals surface area contributed by atoms with Gasteiger partial charge in [0.15, 0.2) is 5.65 Å². The number of benzene rings is 1. The van der Waals surface area contributed by atoms with Crippen LogP contribution < -0.4 is 5.32 Å². The van der Waals surface area contributed by atoms with E-state index in [1.54, 1.807) is 0 Å². The van der Waals surface area contributed by atoms with Crippen molar-refractivity contribution in [3.05, 3.63) is 36.2 Å². The van der Waals surface area contributed by atoms with E-state index in [0.29, 0.717) is 28.7 Å². The molecule has 5 nitrogen and oxygen atoms in total. The molecule has 0 saturated heterocycles. The first-order valence-electron chi connectivity index (χ1n) is 6.25. The van der Waals surface area contributed by atoms with Crippen LogP contribution in [0.1, 0.15) is 6.92 Å². The summed E-state index contributed by atoms with van der Waals surface area (Å²) in [6.45, 7) is 2.58. The predicted molar refractivity (Wildman–Crippen MR) is 76.3 cm³/mol. The van der Waals surface area contributed by atoms with Gasteiger partial charge >= 0.3 is 0 Å². The molecule has 2 N–H and O–H groups in total. The summed E-state index contributed by atoms with van der Waals surface area (Å²) in [5.74, 6) is -0.821. The SMILES string of the molecule is CCNc1nc(Sc2ccc(F)cc2F)c2[nH]cnc2n1. The second kappa shape index (κ2) is 5.65. The molecule has 1 aromatic carbocycles. The minimum atomic E-state index is -0.628. The highest BCUT2D eigenvalue weighted by Gasteiger charge is 2.13. The number of halogens is 2. The van der Waals surface area contributed by atoms with E-state index in [4.69, 9.17) is 0 Å².